The van der Waals surface area contributed by atoms with Gasteiger partial charge >= 0.3 is 0 Å². The van der Waals surface area contributed by atoms with Gasteiger partial charge in [0.15, 0.2) is 0 Å². The number of hydrogen-bond donors (Lipinski definition) is 2. The molecule has 0 saturated carbocycles. The molecular formula is C15H20N2O2S2. The zero-order valence-corrected chi connectivity index (χ0v) is 14.1. The number of nitrogens with two attached hydrogens (primary N) is 1. The van der Waals surface area contributed by atoms with Crippen LogP contribution in [0.15, 0.2) is 18.2 Å². The van der Waals surface area contributed by atoms with E-state index in [-0.39, 0.29) is 11.2 Å². The van der Waals surface area contributed by atoms with Gasteiger partial charge in [0.2, 0.25) is 0 Å². The normalized spacial score (nSPS) is 14.0. The minimum atomic E-state index is -0.862. The molecule has 3 N–H and O–H groups in total. The highest BCUT2D eigenvalue weighted by Gasteiger charge is 2.16. The number of fused-ring (bicyclic) bond motifs is 1. The first kappa shape index (κ1) is 16.0. The average molecular weight is 324 g/mol. The lowest BCUT2D eigenvalue weighted by atomic mass is 10.1. The molecule has 0 spiro atoms. The molecule has 0 aliphatic heterocycles. The standard InChI is InChI=1S/C15H20N2O2S2/c1-9-4-5-12-11(8-9)13(16)14(20-12)15(18)17-7-6-10(2)21(3)19/h4-5,8,10H,6-7,16H2,1-3H3,(H,17,18). The molecule has 0 saturated heterocycles. The van der Waals surface area contributed by atoms with E-state index in [4.69, 9.17) is 5.73 Å². The third kappa shape index (κ3) is 3.63. The van der Waals surface area contributed by atoms with Gasteiger partial charge in [-0.15, -0.1) is 11.3 Å². The smallest absolute Gasteiger partial charge is 0.263 e. The maximum absolute atomic E-state index is 12.2. The molecule has 0 fully saturated rings. The van der Waals surface area contributed by atoms with Crippen LogP contribution in [0.2, 0.25) is 0 Å². The molecule has 1 aromatic heterocycles. The molecule has 114 valence electrons. The molecule has 21 heavy (non-hydrogen) atoms. The van der Waals surface area contributed by atoms with Crippen molar-refractivity contribution >= 4 is 43.8 Å². The van der Waals surface area contributed by atoms with E-state index in [1.54, 1.807) is 6.26 Å². The van der Waals surface area contributed by atoms with Crippen LogP contribution in [0, 0.1) is 6.92 Å². The number of hydrogen-bond acceptors (Lipinski definition) is 4. The van der Waals surface area contributed by atoms with Gasteiger partial charge in [-0.25, -0.2) is 0 Å². The summed E-state index contributed by atoms with van der Waals surface area (Å²) < 4.78 is 12.3. The summed E-state index contributed by atoms with van der Waals surface area (Å²) in [4.78, 5) is 12.8. The van der Waals surface area contributed by atoms with E-state index in [0.29, 0.717) is 23.5 Å². The predicted octanol–water partition coefficient (Wildman–Crippen LogP) is 2.68. The van der Waals surface area contributed by atoms with Crippen molar-refractivity contribution in [1.82, 2.24) is 5.32 Å². The summed E-state index contributed by atoms with van der Waals surface area (Å²) in [6, 6.07) is 6.00. The summed E-state index contributed by atoms with van der Waals surface area (Å²) in [6.07, 6.45) is 2.37. The second-order valence-electron chi connectivity index (χ2n) is 5.20. The fraction of sp³-hybridized carbons (Fsp3) is 0.400. The number of rotatable bonds is 5. The number of amides is 1. The summed E-state index contributed by atoms with van der Waals surface area (Å²) in [5.41, 5.74) is 7.76. The van der Waals surface area contributed by atoms with Crippen LogP contribution < -0.4 is 11.1 Å². The van der Waals surface area contributed by atoms with E-state index in [1.807, 2.05) is 32.0 Å². The highest BCUT2D eigenvalue weighted by Crippen LogP contribution is 2.34. The Labute approximate surface area is 131 Å². The van der Waals surface area contributed by atoms with Gasteiger partial charge in [-0.05, 0) is 25.5 Å². The fourth-order valence-electron chi connectivity index (χ4n) is 2.03. The van der Waals surface area contributed by atoms with Gasteiger partial charge in [0, 0.05) is 38.9 Å². The van der Waals surface area contributed by atoms with Crippen molar-refractivity contribution in [2.24, 2.45) is 0 Å². The minimum Gasteiger partial charge on any atom is -0.397 e. The Hall–Kier alpha value is -1.40. The number of carbonyl (C=O) groups is 1. The third-order valence-corrected chi connectivity index (χ3v) is 6.05. The largest absolute Gasteiger partial charge is 0.397 e. The summed E-state index contributed by atoms with van der Waals surface area (Å²) in [5, 5.41) is 3.87. The van der Waals surface area contributed by atoms with Crippen LogP contribution in [0.4, 0.5) is 5.69 Å². The van der Waals surface area contributed by atoms with Crippen molar-refractivity contribution in [3.63, 3.8) is 0 Å². The monoisotopic (exact) mass is 324 g/mol. The maximum Gasteiger partial charge on any atom is 0.263 e. The van der Waals surface area contributed by atoms with Crippen LogP contribution in [0.3, 0.4) is 0 Å². The number of anilines is 1. The van der Waals surface area contributed by atoms with Crippen LogP contribution in [0.25, 0.3) is 10.1 Å². The summed E-state index contributed by atoms with van der Waals surface area (Å²) >= 11 is 1.41. The van der Waals surface area contributed by atoms with Crippen LogP contribution in [0.5, 0.6) is 0 Å². The number of benzene rings is 1. The quantitative estimate of drug-likeness (QED) is 0.888. The first-order chi connectivity index (χ1) is 9.90. The molecule has 1 heterocycles. The van der Waals surface area contributed by atoms with Crippen molar-refractivity contribution in [2.45, 2.75) is 25.5 Å². The maximum atomic E-state index is 12.2. The van der Waals surface area contributed by atoms with Gasteiger partial charge < -0.3 is 11.1 Å². The van der Waals surface area contributed by atoms with E-state index >= 15 is 0 Å². The molecule has 1 amide bonds. The summed E-state index contributed by atoms with van der Waals surface area (Å²) in [5.74, 6) is -0.152. The predicted molar refractivity (Wildman–Crippen MR) is 91.5 cm³/mol. The Balaban J connectivity index is 2.09. The minimum absolute atomic E-state index is 0.0766. The van der Waals surface area contributed by atoms with Crippen molar-refractivity contribution in [2.75, 3.05) is 18.5 Å². The molecule has 0 aliphatic rings. The van der Waals surface area contributed by atoms with Crippen molar-refractivity contribution in [1.29, 1.82) is 0 Å². The highest BCUT2D eigenvalue weighted by atomic mass is 32.2. The van der Waals surface area contributed by atoms with E-state index in [9.17, 15) is 9.00 Å². The molecule has 2 unspecified atom stereocenters. The molecule has 0 radical (unpaired) electrons. The SMILES string of the molecule is Cc1ccc2sc(C(=O)NCCC(C)S(C)=O)c(N)c2c1. The number of nitrogen functional groups attached to an aromatic ring is 1. The van der Waals surface area contributed by atoms with E-state index in [0.717, 1.165) is 15.6 Å². The number of nitrogens with one attached hydrogen (secondary N) is 1. The Morgan fingerprint density at radius 2 is 2.19 bits per heavy atom. The van der Waals surface area contributed by atoms with Crippen LogP contribution in [-0.4, -0.2) is 28.2 Å². The number of carbonyl (C=O) groups excluding carboxylic acids is 1. The van der Waals surface area contributed by atoms with E-state index < -0.39 is 10.8 Å². The molecule has 0 aliphatic carbocycles. The van der Waals surface area contributed by atoms with Crippen LogP contribution in [-0.2, 0) is 10.8 Å². The van der Waals surface area contributed by atoms with Crippen LogP contribution >= 0.6 is 11.3 Å². The number of thiophene rings is 1. The molecule has 2 rings (SSSR count). The Kier molecular flexibility index (Phi) is 5.00. The molecule has 2 aromatic rings. The van der Waals surface area contributed by atoms with Gasteiger partial charge in [-0.1, -0.05) is 18.6 Å². The fourth-order valence-corrected chi connectivity index (χ4v) is 3.50. The zero-order chi connectivity index (χ0) is 15.6. The van der Waals surface area contributed by atoms with Crippen LogP contribution in [0.1, 0.15) is 28.6 Å². The van der Waals surface area contributed by atoms with Crippen molar-refractivity contribution < 1.29 is 9.00 Å². The molecule has 4 nitrogen and oxygen atoms in total. The number of aryl methyl sites for hydroxylation is 1. The van der Waals surface area contributed by atoms with Gasteiger partial charge in [0.05, 0.1) is 5.69 Å². The first-order valence-corrected chi connectivity index (χ1v) is 9.23. The molecule has 2 atom stereocenters. The lowest BCUT2D eigenvalue weighted by Gasteiger charge is -2.08. The second kappa shape index (κ2) is 6.58. The first-order valence-electron chi connectivity index (χ1n) is 6.79. The van der Waals surface area contributed by atoms with Crippen molar-refractivity contribution in [3.8, 4) is 0 Å². The van der Waals surface area contributed by atoms with Gasteiger partial charge in [0.25, 0.3) is 5.91 Å². The Bertz CT molecular complexity index is 694. The summed E-state index contributed by atoms with van der Waals surface area (Å²) in [7, 11) is -0.862. The highest BCUT2D eigenvalue weighted by molar-refractivity contribution is 7.84. The van der Waals surface area contributed by atoms with Gasteiger partial charge in [-0.3, -0.25) is 9.00 Å². The molecule has 0 bridgehead atoms. The lowest BCUT2D eigenvalue weighted by molar-refractivity contribution is 0.0958. The zero-order valence-electron chi connectivity index (χ0n) is 12.4. The van der Waals surface area contributed by atoms with Gasteiger partial charge in [-0.2, -0.15) is 0 Å². The molecule has 1 aromatic carbocycles. The van der Waals surface area contributed by atoms with Gasteiger partial charge in [0.1, 0.15) is 4.88 Å². The van der Waals surface area contributed by atoms with Crippen molar-refractivity contribution in [3.05, 3.63) is 28.6 Å². The molecular weight excluding hydrogens is 304 g/mol. The third-order valence-electron chi connectivity index (χ3n) is 3.49. The van der Waals surface area contributed by atoms with E-state index in [1.165, 1.54) is 11.3 Å². The topological polar surface area (TPSA) is 72.2 Å². The lowest BCUT2D eigenvalue weighted by Crippen LogP contribution is -2.27. The molecule has 6 heteroatoms. The van der Waals surface area contributed by atoms with E-state index in [2.05, 4.69) is 5.32 Å². The second-order valence-corrected chi connectivity index (χ2v) is 8.05. The summed E-state index contributed by atoms with van der Waals surface area (Å²) in [6.45, 7) is 4.42. The average Bonchev–Trinajstić information content (AvgIpc) is 2.75. The Morgan fingerprint density at radius 3 is 2.86 bits per heavy atom. The Morgan fingerprint density at radius 1 is 1.48 bits per heavy atom.